The molecule has 0 saturated carbocycles. The van der Waals surface area contributed by atoms with Crippen LogP contribution in [0.1, 0.15) is 46.4 Å². The van der Waals surface area contributed by atoms with E-state index in [0.717, 1.165) is 53.7 Å². The van der Waals surface area contributed by atoms with Crippen LogP contribution in [0.25, 0.3) is 56.0 Å². The number of rotatable bonds is 5. The molecule has 57 heavy (non-hydrogen) atoms. The molecule has 6 aromatic carbocycles. The Balaban J connectivity index is 0.000000252. The fourth-order valence-electron chi connectivity index (χ4n) is 8.37. The Morgan fingerprint density at radius 1 is 0.719 bits per heavy atom. The summed E-state index contributed by atoms with van der Waals surface area (Å²) in [5.41, 5.74) is 17.1. The van der Waals surface area contributed by atoms with Gasteiger partial charge >= 0.3 is 0 Å². The van der Waals surface area contributed by atoms with Crippen LogP contribution in [0.2, 0.25) is 0 Å². The third-order valence-electron chi connectivity index (χ3n) is 11.2. The highest BCUT2D eigenvalue weighted by Gasteiger charge is 2.30. The minimum atomic E-state index is -0.0247. The first-order valence-electron chi connectivity index (χ1n) is 19.7. The summed E-state index contributed by atoms with van der Waals surface area (Å²) in [4.78, 5) is 8.98. The molecule has 7 aromatic rings. The minimum Gasteiger partial charge on any atom is -0.456 e. The van der Waals surface area contributed by atoms with E-state index in [2.05, 4.69) is 151 Å². The number of nitrogens with one attached hydrogen (secondary N) is 1. The summed E-state index contributed by atoms with van der Waals surface area (Å²) in [7, 11) is 0. The normalized spacial score (nSPS) is 15.4. The van der Waals surface area contributed by atoms with Gasteiger partial charge in [0.25, 0.3) is 0 Å². The second-order valence-corrected chi connectivity index (χ2v) is 15.0. The van der Waals surface area contributed by atoms with Crippen LogP contribution in [0.3, 0.4) is 0 Å². The SMILES string of the molecule is C=NC(=NC(=N)c1ccc(-c2ccccc2)cc1)C1C=CC2=C(Cc3cc(-c4ccccc4)cc(-c4ccccc4)c32)C1.Cc1ccc2oc3c(c2c1)CCC=C3. The average Bonchev–Trinajstić information content (AvgIpc) is 3.84. The molecule has 1 N–H and O–H groups in total. The van der Waals surface area contributed by atoms with Crippen LogP contribution < -0.4 is 0 Å². The van der Waals surface area contributed by atoms with Crippen LogP contribution in [0.15, 0.2) is 184 Å². The van der Waals surface area contributed by atoms with E-state index in [0.29, 0.717) is 5.84 Å². The van der Waals surface area contributed by atoms with Crippen molar-refractivity contribution in [1.82, 2.24) is 0 Å². The maximum atomic E-state index is 8.73. The summed E-state index contributed by atoms with van der Waals surface area (Å²) in [6.07, 6.45) is 12.7. The number of hydrogen-bond acceptors (Lipinski definition) is 2. The molecular formula is C53H43N3O. The molecule has 1 unspecified atom stereocenters. The second kappa shape index (κ2) is 15.7. The molecule has 1 aromatic heterocycles. The predicted molar refractivity (Wildman–Crippen MR) is 239 cm³/mol. The van der Waals surface area contributed by atoms with Gasteiger partial charge in [-0.1, -0.05) is 157 Å². The first kappa shape index (κ1) is 35.8. The number of amidine groups is 2. The average molecular weight is 738 g/mol. The monoisotopic (exact) mass is 737 g/mol. The highest BCUT2D eigenvalue weighted by molar-refractivity contribution is 6.07. The third kappa shape index (κ3) is 7.30. The van der Waals surface area contributed by atoms with Gasteiger partial charge in [0.05, 0.1) is 0 Å². The highest BCUT2D eigenvalue weighted by atomic mass is 16.3. The molecule has 4 nitrogen and oxygen atoms in total. The quantitative estimate of drug-likeness (QED) is 0.139. The van der Waals surface area contributed by atoms with E-state index >= 15 is 0 Å². The second-order valence-electron chi connectivity index (χ2n) is 15.0. The summed E-state index contributed by atoms with van der Waals surface area (Å²) in [5, 5.41) is 10.0. The molecule has 1 heterocycles. The van der Waals surface area contributed by atoms with Crippen molar-refractivity contribution in [2.75, 3.05) is 0 Å². The Labute approximate surface area is 334 Å². The van der Waals surface area contributed by atoms with E-state index in [1.807, 2.05) is 42.5 Å². The standard InChI is InChI=1S/C40H31N3.C13H12O/c1-42-40(43-39(41)31-19-17-29(18-20-31)27-11-5-2-6-12-27)32-21-22-36-34(23-32)25-35-24-33(28-13-7-3-8-14-28)26-37(38(35)36)30-15-9-4-10-16-30;1-9-6-7-13-11(8-9)10-4-2-3-5-12(10)14-13/h2-22,24,26,32,41H,1,23,25H2;3,5-8H,2,4H2,1H3. The molecule has 0 spiro atoms. The number of aryl methyl sites for hydroxylation is 2. The van der Waals surface area contributed by atoms with Gasteiger partial charge in [0.1, 0.15) is 17.2 Å². The van der Waals surface area contributed by atoms with Crippen LogP contribution in [0.5, 0.6) is 0 Å². The molecule has 4 heteroatoms. The van der Waals surface area contributed by atoms with Gasteiger partial charge in [-0.3, -0.25) is 5.41 Å². The number of hydrogen-bond donors (Lipinski definition) is 1. The van der Waals surface area contributed by atoms with E-state index in [1.54, 1.807) is 0 Å². The van der Waals surface area contributed by atoms with Gasteiger partial charge in [-0.25, -0.2) is 9.98 Å². The van der Waals surface area contributed by atoms with Crippen molar-refractivity contribution >= 4 is 41.0 Å². The van der Waals surface area contributed by atoms with Crippen molar-refractivity contribution in [2.45, 2.75) is 32.6 Å². The lowest BCUT2D eigenvalue weighted by Crippen LogP contribution is -2.15. The molecule has 0 bridgehead atoms. The van der Waals surface area contributed by atoms with Gasteiger partial charge in [0.15, 0.2) is 5.84 Å². The van der Waals surface area contributed by atoms with Gasteiger partial charge in [-0.05, 0) is 114 Å². The number of fused-ring (bicyclic) bond motifs is 5. The van der Waals surface area contributed by atoms with Crippen molar-refractivity contribution in [2.24, 2.45) is 15.9 Å². The Bertz CT molecular complexity index is 2750. The predicted octanol–water partition coefficient (Wildman–Crippen LogP) is 13.4. The van der Waals surface area contributed by atoms with Gasteiger partial charge in [-0.2, -0.15) is 0 Å². The van der Waals surface area contributed by atoms with Gasteiger partial charge in [0, 0.05) is 22.4 Å². The first-order valence-corrected chi connectivity index (χ1v) is 19.7. The summed E-state index contributed by atoms with van der Waals surface area (Å²) >= 11 is 0. The van der Waals surface area contributed by atoms with Gasteiger partial charge < -0.3 is 4.42 Å². The molecule has 3 aliphatic rings. The third-order valence-corrected chi connectivity index (χ3v) is 11.2. The summed E-state index contributed by atoms with van der Waals surface area (Å²) in [6, 6.07) is 50.6. The first-order chi connectivity index (χ1) is 28.0. The van der Waals surface area contributed by atoms with Crippen LogP contribution in [0.4, 0.5) is 0 Å². The largest absolute Gasteiger partial charge is 0.456 e. The Hall–Kier alpha value is -6.91. The molecule has 1 atom stereocenters. The maximum absolute atomic E-state index is 8.73. The van der Waals surface area contributed by atoms with Crippen molar-refractivity contribution in [3.05, 3.63) is 203 Å². The maximum Gasteiger partial charge on any atom is 0.153 e. The topological polar surface area (TPSA) is 61.7 Å². The lowest BCUT2D eigenvalue weighted by atomic mass is 9.86. The minimum absolute atomic E-state index is 0.0247. The van der Waals surface area contributed by atoms with Crippen molar-refractivity contribution in [1.29, 1.82) is 5.41 Å². The Morgan fingerprint density at radius 2 is 1.39 bits per heavy atom. The zero-order chi connectivity index (χ0) is 38.7. The number of nitrogens with zero attached hydrogens (tertiary/aromatic N) is 2. The van der Waals surface area contributed by atoms with E-state index in [-0.39, 0.29) is 11.8 Å². The zero-order valence-electron chi connectivity index (χ0n) is 32.1. The van der Waals surface area contributed by atoms with Crippen LogP contribution in [0, 0.1) is 18.3 Å². The number of furan rings is 1. The fraction of sp³-hybridized carbons (Fsp3) is 0.113. The summed E-state index contributed by atoms with van der Waals surface area (Å²) < 4.78 is 5.76. The van der Waals surface area contributed by atoms with Crippen LogP contribution in [-0.2, 0) is 12.8 Å². The molecule has 0 aliphatic heterocycles. The molecule has 0 radical (unpaired) electrons. The van der Waals surface area contributed by atoms with E-state index in [9.17, 15) is 0 Å². The molecule has 276 valence electrons. The Kier molecular flexibility index (Phi) is 9.84. The Morgan fingerprint density at radius 3 is 2.09 bits per heavy atom. The van der Waals surface area contributed by atoms with E-state index in [1.165, 1.54) is 61.0 Å². The zero-order valence-corrected chi connectivity index (χ0v) is 32.1. The molecule has 0 amide bonds. The molecule has 0 fully saturated rings. The van der Waals surface area contributed by atoms with Crippen molar-refractivity contribution < 1.29 is 4.42 Å². The summed E-state index contributed by atoms with van der Waals surface area (Å²) in [5.74, 6) is 1.81. The lowest BCUT2D eigenvalue weighted by Gasteiger charge is -2.19. The van der Waals surface area contributed by atoms with Crippen molar-refractivity contribution in [3.63, 3.8) is 0 Å². The van der Waals surface area contributed by atoms with Crippen LogP contribution >= 0.6 is 0 Å². The summed E-state index contributed by atoms with van der Waals surface area (Å²) in [6.45, 7) is 5.96. The van der Waals surface area contributed by atoms with Crippen LogP contribution in [-0.4, -0.2) is 18.4 Å². The van der Waals surface area contributed by atoms with E-state index < -0.39 is 0 Å². The molecular weight excluding hydrogens is 695 g/mol. The van der Waals surface area contributed by atoms with Crippen molar-refractivity contribution in [3.8, 4) is 33.4 Å². The fourth-order valence-corrected chi connectivity index (χ4v) is 8.37. The van der Waals surface area contributed by atoms with Gasteiger partial charge in [-0.15, -0.1) is 0 Å². The van der Waals surface area contributed by atoms with Gasteiger partial charge in [0.2, 0.25) is 0 Å². The smallest absolute Gasteiger partial charge is 0.153 e. The number of aliphatic imine (C=N–C) groups is 2. The number of benzene rings is 6. The molecule has 3 aliphatic carbocycles. The number of allylic oxidation sites excluding steroid dienone is 4. The molecule has 0 saturated heterocycles. The molecule has 10 rings (SSSR count). The lowest BCUT2D eigenvalue weighted by molar-refractivity contribution is 0.595. The highest BCUT2D eigenvalue weighted by Crippen LogP contribution is 2.46. The van der Waals surface area contributed by atoms with E-state index in [4.69, 9.17) is 9.83 Å².